The summed E-state index contributed by atoms with van der Waals surface area (Å²) in [5.41, 5.74) is 1.02. The normalized spacial score (nSPS) is 16.2. The molecule has 0 atom stereocenters. The highest BCUT2D eigenvalue weighted by atomic mass is 32.1. The Hall–Kier alpha value is -1.75. The van der Waals surface area contributed by atoms with E-state index in [1.165, 1.54) is 23.5 Å². The number of rotatable bonds is 4. The Bertz CT molecular complexity index is 711. The molecule has 1 amide bonds. The van der Waals surface area contributed by atoms with Crippen LogP contribution in [0, 0.1) is 5.82 Å². The van der Waals surface area contributed by atoms with Crippen molar-refractivity contribution >= 4 is 17.2 Å². The summed E-state index contributed by atoms with van der Waals surface area (Å²) in [4.78, 5) is 17.3. The van der Waals surface area contributed by atoms with Crippen LogP contribution in [-0.2, 0) is 10.8 Å². The second kappa shape index (κ2) is 5.71. The lowest BCUT2D eigenvalue weighted by molar-refractivity contribution is 0.0953. The van der Waals surface area contributed by atoms with Gasteiger partial charge >= 0.3 is 0 Å². The van der Waals surface area contributed by atoms with Gasteiger partial charge < -0.3 is 5.32 Å². The van der Waals surface area contributed by atoms with Crippen LogP contribution in [0.25, 0.3) is 0 Å². The van der Waals surface area contributed by atoms with E-state index in [9.17, 15) is 9.18 Å². The highest BCUT2D eigenvalue weighted by Gasteiger charge is 2.44. The first-order valence-electron chi connectivity index (χ1n) is 7.81. The minimum Gasteiger partial charge on any atom is -0.350 e. The first kappa shape index (κ1) is 16.1. The molecule has 1 saturated carbocycles. The maximum absolute atomic E-state index is 13.1. The summed E-state index contributed by atoms with van der Waals surface area (Å²) >= 11 is 1.44. The molecule has 1 fully saturated rings. The van der Waals surface area contributed by atoms with Crippen molar-refractivity contribution < 1.29 is 9.18 Å². The van der Waals surface area contributed by atoms with Gasteiger partial charge in [0.15, 0.2) is 0 Å². The van der Waals surface area contributed by atoms with Crippen molar-refractivity contribution in [1.82, 2.24) is 10.3 Å². The number of benzene rings is 1. The smallest absolute Gasteiger partial charge is 0.263 e. The number of carbonyl (C=O) groups is 1. The number of hydrogen-bond donors (Lipinski definition) is 1. The molecule has 0 bridgehead atoms. The molecule has 0 saturated heterocycles. The van der Waals surface area contributed by atoms with Gasteiger partial charge in [-0.2, -0.15) is 0 Å². The number of nitrogens with zero attached hydrogens (tertiary/aromatic N) is 1. The summed E-state index contributed by atoms with van der Waals surface area (Å²) in [6, 6.07) is 6.60. The van der Waals surface area contributed by atoms with Crippen molar-refractivity contribution in [3.05, 3.63) is 51.7 Å². The lowest BCUT2D eigenvalue weighted by Gasteiger charge is -2.16. The Morgan fingerprint density at radius 2 is 1.96 bits per heavy atom. The van der Waals surface area contributed by atoms with Gasteiger partial charge in [0.25, 0.3) is 5.91 Å². The third-order valence-corrected chi connectivity index (χ3v) is 5.69. The first-order chi connectivity index (χ1) is 10.8. The number of nitrogens with one attached hydrogen (secondary N) is 1. The fraction of sp³-hybridized carbons (Fsp3) is 0.444. The molecule has 1 aliphatic carbocycles. The fourth-order valence-electron chi connectivity index (χ4n) is 2.58. The van der Waals surface area contributed by atoms with Crippen molar-refractivity contribution in [2.24, 2.45) is 0 Å². The van der Waals surface area contributed by atoms with Gasteiger partial charge in [-0.25, -0.2) is 9.37 Å². The van der Waals surface area contributed by atoms with Gasteiger partial charge in [-0.15, -0.1) is 11.3 Å². The lowest BCUT2D eigenvalue weighted by Crippen LogP contribution is -2.31. The predicted octanol–water partition coefficient (Wildman–Crippen LogP) is 4.04. The largest absolute Gasteiger partial charge is 0.350 e. The van der Waals surface area contributed by atoms with E-state index in [0.717, 1.165) is 23.4 Å². The fourth-order valence-corrected chi connectivity index (χ4v) is 3.47. The van der Waals surface area contributed by atoms with Crippen LogP contribution in [0.15, 0.2) is 30.5 Å². The summed E-state index contributed by atoms with van der Waals surface area (Å²) in [6.45, 7) is 6.84. The van der Waals surface area contributed by atoms with Crippen LogP contribution in [0.3, 0.4) is 0 Å². The Morgan fingerprint density at radius 3 is 2.48 bits per heavy atom. The SMILES string of the molecule is CC(C)(C)c1ncc(C(=O)NCC2(c3ccc(F)cc3)CC2)s1. The second-order valence-corrected chi connectivity index (χ2v) is 8.28. The Kier molecular flexibility index (Phi) is 4.00. The molecule has 122 valence electrons. The predicted molar refractivity (Wildman–Crippen MR) is 90.5 cm³/mol. The molecule has 2 aromatic rings. The molecular formula is C18H21FN2OS. The molecule has 0 unspecified atom stereocenters. The van der Waals surface area contributed by atoms with Gasteiger partial charge in [0, 0.05) is 17.4 Å². The minimum absolute atomic E-state index is 0.0269. The average Bonchev–Trinajstić information content (AvgIpc) is 3.10. The number of carbonyl (C=O) groups excluding carboxylic acids is 1. The molecule has 3 rings (SSSR count). The molecule has 1 aromatic heterocycles. The van der Waals surface area contributed by atoms with Crippen molar-refractivity contribution in [2.75, 3.05) is 6.54 Å². The van der Waals surface area contributed by atoms with Crippen LogP contribution < -0.4 is 5.32 Å². The number of amides is 1. The quantitative estimate of drug-likeness (QED) is 0.918. The summed E-state index contributed by atoms with van der Waals surface area (Å²) in [5, 5.41) is 3.98. The monoisotopic (exact) mass is 332 g/mol. The van der Waals surface area contributed by atoms with Crippen molar-refractivity contribution in [3.63, 3.8) is 0 Å². The van der Waals surface area contributed by atoms with E-state index in [0.29, 0.717) is 11.4 Å². The molecule has 5 heteroatoms. The number of thiazole rings is 1. The first-order valence-corrected chi connectivity index (χ1v) is 8.62. The highest BCUT2D eigenvalue weighted by molar-refractivity contribution is 7.13. The van der Waals surface area contributed by atoms with E-state index >= 15 is 0 Å². The van der Waals surface area contributed by atoms with Gasteiger partial charge in [-0.1, -0.05) is 32.9 Å². The van der Waals surface area contributed by atoms with Crippen molar-refractivity contribution in [2.45, 2.75) is 44.4 Å². The van der Waals surface area contributed by atoms with Crippen LogP contribution in [0.2, 0.25) is 0 Å². The summed E-state index contributed by atoms with van der Waals surface area (Å²) in [7, 11) is 0. The van der Waals surface area contributed by atoms with Gasteiger partial charge in [0.2, 0.25) is 0 Å². The summed E-state index contributed by atoms with van der Waals surface area (Å²) in [6.07, 6.45) is 3.70. The topological polar surface area (TPSA) is 42.0 Å². The Labute approximate surface area is 140 Å². The zero-order chi connectivity index (χ0) is 16.7. The number of halogens is 1. The zero-order valence-corrected chi connectivity index (χ0v) is 14.5. The second-order valence-electron chi connectivity index (χ2n) is 7.25. The van der Waals surface area contributed by atoms with Gasteiger partial charge in [0.05, 0.1) is 11.2 Å². The van der Waals surface area contributed by atoms with Crippen LogP contribution in [0.1, 0.15) is 53.9 Å². The van der Waals surface area contributed by atoms with Crippen LogP contribution >= 0.6 is 11.3 Å². The molecule has 1 heterocycles. The van der Waals surface area contributed by atoms with Gasteiger partial charge in [-0.3, -0.25) is 4.79 Å². The molecular weight excluding hydrogens is 311 g/mol. The van der Waals surface area contributed by atoms with Gasteiger partial charge in [-0.05, 0) is 30.5 Å². The molecule has 1 N–H and O–H groups in total. The van der Waals surface area contributed by atoms with E-state index in [-0.39, 0.29) is 22.6 Å². The Balaban J connectivity index is 1.65. The van der Waals surface area contributed by atoms with E-state index in [2.05, 4.69) is 31.1 Å². The standard InChI is InChI=1S/C18H21FN2OS/c1-17(2,3)16-20-10-14(23-16)15(22)21-11-18(8-9-18)12-4-6-13(19)7-5-12/h4-7,10H,8-9,11H2,1-3H3,(H,21,22). The Morgan fingerprint density at radius 1 is 1.30 bits per heavy atom. The zero-order valence-electron chi connectivity index (χ0n) is 13.6. The molecule has 0 radical (unpaired) electrons. The van der Waals surface area contributed by atoms with E-state index in [4.69, 9.17) is 0 Å². The number of hydrogen-bond acceptors (Lipinski definition) is 3. The maximum atomic E-state index is 13.1. The maximum Gasteiger partial charge on any atom is 0.263 e. The van der Waals surface area contributed by atoms with Crippen LogP contribution in [0.5, 0.6) is 0 Å². The molecule has 1 aliphatic rings. The molecule has 1 aromatic carbocycles. The van der Waals surface area contributed by atoms with E-state index in [1.54, 1.807) is 6.20 Å². The average molecular weight is 332 g/mol. The number of aromatic nitrogens is 1. The molecule has 0 aliphatic heterocycles. The molecule has 23 heavy (non-hydrogen) atoms. The highest BCUT2D eigenvalue weighted by Crippen LogP contribution is 2.47. The van der Waals surface area contributed by atoms with E-state index in [1.807, 2.05) is 12.1 Å². The third-order valence-electron chi connectivity index (χ3n) is 4.27. The van der Waals surface area contributed by atoms with E-state index < -0.39 is 0 Å². The van der Waals surface area contributed by atoms with Gasteiger partial charge in [0.1, 0.15) is 10.7 Å². The lowest BCUT2D eigenvalue weighted by atomic mass is 9.96. The third kappa shape index (κ3) is 3.44. The summed E-state index contributed by atoms with van der Waals surface area (Å²) in [5.74, 6) is -0.306. The minimum atomic E-state index is -0.229. The van der Waals surface area contributed by atoms with Crippen LogP contribution in [0.4, 0.5) is 4.39 Å². The van der Waals surface area contributed by atoms with Crippen molar-refractivity contribution in [3.8, 4) is 0 Å². The molecule has 0 spiro atoms. The summed E-state index contributed by atoms with van der Waals surface area (Å²) < 4.78 is 13.1. The van der Waals surface area contributed by atoms with Crippen LogP contribution in [-0.4, -0.2) is 17.4 Å². The van der Waals surface area contributed by atoms with Crippen molar-refractivity contribution in [1.29, 1.82) is 0 Å². The molecule has 3 nitrogen and oxygen atoms in total.